The Morgan fingerprint density at radius 3 is 2.45 bits per heavy atom. The summed E-state index contributed by atoms with van der Waals surface area (Å²) in [5.74, 6) is -0.126. The summed E-state index contributed by atoms with van der Waals surface area (Å²) in [4.78, 5) is 13.9. The van der Waals surface area contributed by atoms with E-state index in [2.05, 4.69) is 5.10 Å². The molecule has 1 fully saturated rings. The van der Waals surface area contributed by atoms with Crippen LogP contribution in [0, 0.1) is 0 Å². The molecule has 1 aliphatic rings. The van der Waals surface area contributed by atoms with Gasteiger partial charge in [-0.1, -0.05) is 11.6 Å². The molecule has 1 aromatic heterocycles. The van der Waals surface area contributed by atoms with E-state index in [9.17, 15) is 13.2 Å². The topological polar surface area (TPSA) is 102 Å². The summed E-state index contributed by atoms with van der Waals surface area (Å²) in [6, 6.07) is -0.483. The fraction of sp³-hybridized carbons (Fsp3) is 0.600. The second-order valence-corrected chi connectivity index (χ2v) is 6.57. The number of amides is 1. The van der Waals surface area contributed by atoms with Crippen molar-refractivity contribution < 1.29 is 13.2 Å². The molecular formula is C10H16ClN5O3S. The predicted octanol–water partition coefficient (Wildman–Crippen LogP) is -0.555. The predicted molar refractivity (Wildman–Crippen MR) is 73.2 cm³/mol. The van der Waals surface area contributed by atoms with Crippen LogP contribution in [0.3, 0.4) is 0 Å². The first-order valence-electron chi connectivity index (χ1n) is 6.05. The molecule has 1 saturated heterocycles. The summed E-state index contributed by atoms with van der Waals surface area (Å²) >= 11 is 5.77. The van der Waals surface area contributed by atoms with Crippen LogP contribution >= 0.6 is 11.6 Å². The molecular weight excluding hydrogens is 306 g/mol. The maximum absolute atomic E-state index is 12.3. The van der Waals surface area contributed by atoms with Crippen molar-refractivity contribution in [2.45, 2.75) is 13.0 Å². The highest BCUT2D eigenvalue weighted by molar-refractivity contribution is 7.86. The Morgan fingerprint density at radius 1 is 1.40 bits per heavy atom. The number of nitrogens with zero attached hydrogens (tertiary/aromatic N) is 4. The van der Waals surface area contributed by atoms with Crippen LogP contribution < -0.4 is 5.14 Å². The largest absolute Gasteiger partial charge is 0.338 e. The molecule has 112 valence electrons. The Hall–Kier alpha value is -1.16. The lowest BCUT2D eigenvalue weighted by molar-refractivity contribution is -0.135. The van der Waals surface area contributed by atoms with Gasteiger partial charge in [0, 0.05) is 32.4 Å². The minimum absolute atomic E-state index is 0.126. The van der Waals surface area contributed by atoms with E-state index in [0.717, 1.165) is 4.31 Å². The maximum Gasteiger partial charge on any atom is 0.277 e. The summed E-state index contributed by atoms with van der Waals surface area (Å²) in [6.45, 7) is 2.76. The molecule has 2 heterocycles. The van der Waals surface area contributed by atoms with Crippen LogP contribution in [0.5, 0.6) is 0 Å². The van der Waals surface area contributed by atoms with E-state index >= 15 is 0 Å². The molecule has 1 aromatic rings. The molecule has 0 unspecified atom stereocenters. The molecule has 0 saturated carbocycles. The van der Waals surface area contributed by atoms with E-state index in [1.54, 1.807) is 18.0 Å². The van der Waals surface area contributed by atoms with Crippen molar-refractivity contribution in [1.29, 1.82) is 0 Å². The number of hydrogen-bond acceptors (Lipinski definition) is 4. The monoisotopic (exact) mass is 321 g/mol. The van der Waals surface area contributed by atoms with Crippen molar-refractivity contribution in [3.05, 3.63) is 17.4 Å². The Kier molecular flexibility index (Phi) is 4.33. The smallest absolute Gasteiger partial charge is 0.277 e. The van der Waals surface area contributed by atoms with Gasteiger partial charge in [-0.05, 0) is 6.92 Å². The van der Waals surface area contributed by atoms with Gasteiger partial charge in [-0.2, -0.15) is 17.8 Å². The fourth-order valence-electron chi connectivity index (χ4n) is 2.07. The average Bonchev–Trinajstić information content (AvgIpc) is 2.83. The molecule has 20 heavy (non-hydrogen) atoms. The Labute approximate surface area is 122 Å². The summed E-state index contributed by atoms with van der Waals surface area (Å²) in [7, 11) is -3.68. The van der Waals surface area contributed by atoms with Gasteiger partial charge in [0.1, 0.15) is 6.04 Å². The third-order valence-corrected chi connectivity index (χ3v) is 4.51. The molecule has 1 amide bonds. The van der Waals surface area contributed by atoms with Gasteiger partial charge in [0.2, 0.25) is 5.91 Å². The second kappa shape index (κ2) is 5.68. The lowest BCUT2D eigenvalue weighted by Gasteiger charge is -2.34. The Balaban J connectivity index is 1.98. The molecule has 1 atom stereocenters. The first-order valence-corrected chi connectivity index (χ1v) is 7.93. The fourth-order valence-corrected chi connectivity index (χ4v) is 2.88. The zero-order chi connectivity index (χ0) is 14.9. The van der Waals surface area contributed by atoms with E-state index in [-0.39, 0.29) is 19.0 Å². The zero-order valence-electron chi connectivity index (χ0n) is 10.9. The van der Waals surface area contributed by atoms with Crippen LogP contribution in [0.1, 0.15) is 13.0 Å². The third kappa shape index (κ3) is 3.29. The number of rotatable bonds is 3. The highest BCUT2D eigenvalue weighted by Gasteiger charge is 2.29. The molecule has 2 rings (SSSR count). The van der Waals surface area contributed by atoms with Gasteiger partial charge in [-0.25, -0.2) is 5.14 Å². The van der Waals surface area contributed by atoms with Crippen LogP contribution in [0.25, 0.3) is 0 Å². The van der Waals surface area contributed by atoms with Crippen LogP contribution in [0.2, 0.25) is 5.02 Å². The van der Waals surface area contributed by atoms with Crippen LogP contribution in [-0.2, 0) is 15.0 Å². The van der Waals surface area contributed by atoms with E-state index in [0.29, 0.717) is 18.1 Å². The van der Waals surface area contributed by atoms with E-state index in [1.807, 2.05) is 0 Å². The van der Waals surface area contributed by atoms with Crippen LogP contribution in [0.15, 0.2) is 12.4 Å². The minimum Gasteiger partial charge on any atom is -0.338 e. The number of piperazine rings is 1. The summed E-state index contributed by atoms with van der Waals surface area (Å²) in [5.41, 5.74) is 0. The van der Waals surface area contributed by atoms with Crippen molar-refractivity contribution in [1.82, 2.24) is 19.0 Å². The first kappa shape index (κ1) is 15.2. The number of hydrogen-bond donors (Lipinski definition) is 1. The quantitative estimate of drug-likeness (QED) is 0.806. The number of aromatic nitrogens is 2. The van der Waals surface area contributed by atoms with E-state index < -0.39 is 16.3 Å². The Bertz CT molecular complexity index is 594. The lowest BCUT2D eigenvalue weighted by Crippen LogP contribution is -2.53. The zero-order valence-corrected chi connectivity index (χ0v) is 12.5. The summed E-state index contributed by atoms with van der Waals surface area (Å²) in [6.07, 6.45) is 3.04. The van der Waals surface area contributed by atoms with Gasteiger partial charge in [0.05, 0.1) is 11.2 Å². The number of carbonyl (C=O) groups is 1. The summed E-state index contributed by atoms with van der Waals surface area (Å²) in [5, 5.41) is 9.51. The lowest BCUT2D eigenvalue weighted by atomic mass is 10.2. The molecule has 2 N–H and O–H groups in total. The third-order valence-electron chi connectivity index (χ3n) is 3.23. The van der Waals surface area contributed by atoms with Crippen LogP contribution in [-0.4, -0.2) is 59.5 Å². The van der Waals surface area contributed by atoms with Gasteiger partial charge in [0.15, 0.2) is 0 Å². The molecule has 0 spiro atoms. The molecule has 0 bridgehead atoms. The number of halogens is 1. The highest BCUT2D eigenvalue weighted by Crippen LogP contribution is 2.15. The summed E-state index contributed by atoms with van der Waals surface area (Å²) < 4.78 is 25.0. The van der Waals surface area contributed by atoms with Crippen molar-refractivity contribution in [3.8, 4) is 0 Å². The number of carbonyl (C=O) groups excluding carboxylic acids is 1. The Morgan fingerprint density at radius 2 is 2.00 bits per heavy atom. The van der Waals surface area contributed by atoms with Crippen molar-refractivity contribution in [2.75, 3.05) is 26.2 Å². The molecule has 1 aliphatic heterocycles. The van der Waals surface area contributed by atoms with Crippen molar-refractivity contribution in [2.24, 2.45) is 5.14 Å². The van der Waals surface area contributed by atoms with Gasteiger partial charge in [-0.15, -0.1) is 0 Å². The van der Waals surface area contributed by atoms with Gasteiger partial charge >= 0.3 is 0 Å². The van der Waals surface area contributed by atoms with Crippen LogP contribution in [0.4, 0.5) is 0 Å². The maximum atomic E-state index is 12.3. The van der Waals surface area contributed by atoms with E-state index in [1.165, 1.54) is 10.9 Å². The van der Waals surface area contributed by atoms with Gasteiger partial charge in [-0.3, -0.25) is 9.48 Å². The average molecular weight is 322 g/mol. The molecule has 0 aromatic carbocycles. The normalized spacial score (nSPS) is 19.1. The molecule has 10 heteroatoms. The SMILES string of the molecule is C[C@H](C(=O)N1CCN(S(N)(=O)=O)CC1)n1cc(Cl)cn1. The van der Waals surface area contributed by atoms with Crippen molar-refractivity contribution >= 4 is 27.7 Å². The van der Waals surface area contributed by atoms with Gasteiger partial charge < -0.3 is 4.90 Å². The highest BCUT2D eigenvalue weighted by atomic mass is 35.5. The van der Waals surface area contributed by atoms with Crippen molar-refractivity contribution in [3.63, 3.8) is 0 Å². The van der Waals surface area contributed by atoms with E-state index in [4.69, 9.17) is 16.7 Å². The standard InChI is InChI=1S/C10H16ClN5O3S/c1-8(16-7-9(11)6-13-16)10(17)14-2-4-15(5-3-14)20(12,18)19/h6-8H,2-5H2,1H3,(H2,12,18,19)/t8-/m1/s1. The molecule has 0 aliphatic carbocycles. The first-order chi connectivity index (χ1) is 9.29. The minimum atomic E-state index is -3.68. The molecule has 0 radical (unpaired) electrons. The van der Waals surface area contributed by atoms with Gasteiger partial charge in [0.25, 0.3) is 10.2 Å². The second-order valence-electron chi connectivity index (χ2n) is 4.58. The molecule has 8 nitrogen and oxygen atoms in total. The number of nitrogens with two attached hydrogens (primary N) is 1.